The number of halogens is 3. The first-order valence-electron chi connectivity index (χ1n) is 5.77. The van der Waals surface area contributed by atoms with Crippen LogP contribution in [-0.2, 0) is 6.18 Å². The summed E-state index contributed by atoms with van der Waals surface area (Å²) in [6, 6.07) is 4.09. The zero-order chi connectivity index (χ0) is 15.6. The van der Waals surface area contributed by atoms with Gasteiger partial charge in [-0.3, -0.25) is 4.98 Å². The maximum Gasteiger partial charge on any atom is 0.416 e. The van der Waals surface area contributed by atoms with Crippen LogP contribution in [-0.4, -0.2) is 23.2 Å². The van der Waals surface area contributed by atoms with E-state index < -0.39 is 17.7 Å². The van der Waals surface area contributed by atoms with Gasteiger partial charge < -0.3 is 9.84 Å². The zero-order valence-corrected chi connectivity index (χ0v) is 10.8. The Balaban J connectivity index is 2.70. The molecule has 0 aliphatic carbocycles. The van der Waals surface area contributed by atoms with Crippen LogP contribution in [0.1, 0.15) is 15.9 Å². The fraction of sp³-hybridized carbons (Fsp3) is 0.143. The van der Waals surface area contributed by atoms with Crippen LogP contribution in [0.3, 0.4) is 0 Å². The number of aromatic carboxylic acids is 1. The molecule has 2 rings (SSSR count). The van der Waals surface area contributed by atoms with Gasteiger partial charge in [0.25, 0.3) is 0 Å². The summed E-state index contributed by atoms with van der Waals surface area (Å²) in [5, 5.41) is 9.13. The van der Waals surface area contributed by atoms with Gasteiger partial charge in [-0.25, -0.2) is 4.79 Å². The standard InChI is InChI=1S/C14H10F3NO3/c1-21-12-3-2-8(14(15,16)17)6-10(12)11-7-18-5-4-9(11)13(19)20/h2-7H,1H3,(H,19,20). The van der Waals surface area contributed by atoms with E-state index in [0.717, 1.165) is 18.2 Å². The number of carbonyl (C=O) groups is 1. The van der Waals surface area contributed by atoms with E-state index in [1.807, 2.05) is 0 Å². The van der Waals surface area contributed by atoms with Crippen molar-refractivity contribution in [1.29, 1.82) is 0 Å². The van der Waals surface area contributed by atoms with E-state index in [1.165, 1.54) is 25.6 Å². The minimum atomic E-state index is -4.54. The third-order valence-electron chi connectivity index (χ3n) is 2.87. The van der Waals surface area contributed by atoms with Gasteiger partial charge in [0.2, 0.25) is 0 Å². The number of hydrogen-bond acceptors (Lipinski definition) is 3. The first kappa shape index (κ1) is 14.8. The average Bonchev–Trinajstić information content (AvgIpc) is 2.45. The molecular formula is C14H10F3NO3. The largest absolute Gasteiger partial charge is 0.496 e. The molecule has 4 nitrogen and oxygen atoms in total. The predicted molar refractivity (Wildman–Crippen MR) is 68.2 cm³/mol. The molecule has 0 amide bonds. The van der Waals surface area contributed by atoms with Gasteiger partial charge in [0, 0.05) is 23.5 Å². The Labute approximate surface area is 117 Å². The lowest BCUT2D eigenvalue weighted by atomic mass is 9.99. The summed E-state index contributed by atoms with van der Waals surface area (Å²) in [7, 11) is 1.29. The van der Waals surface area contributed by atoms with Gasteiger partial charge in [0.1, 0.15) is 5.75 Å². The third-order valence-corrected chi connectivity index (χ3v) is 2.87. The SMILES string of the molecule is COc1ccc(C(F)(F)F)cc1-c1cnccc1C(=O)O. The molecule has 0 saturated carbocycles. The zero-order valence-electron chi connectivity index (χ0n) is 10.8. The average molecular weight is 297 g/mol. The van der Waals surface area contributed by atoms with E-state index in [0.29, 0.717) is 0 Å². The maximum absolute atomic E-state index is 12.8. The van der Waals surface area contributed by atoms with Crippen molar-refractivity contribution in [3.05, 3.63) is 47.8 Å². The fourth-order valence-corrected chi connectivity index (χ4v) is 1.89. The Kier molecular flexibility index (Phi) is 3.84. The van der Waals surface area contributed by atoms with E-state index in [1.54, 1.807) is 0 Å². The Morgan fingerprint density at radius 1 is 1.24 bits per heavy atom. The summed E-state index contributed by atoms with van der Waals surface area (Å²) >= 11 is 0. The van der Waals surface area contributed by atoms with Crippen LogP contribution < -0.4 is 4.74 Å². The molecule has 0 atom stereocenters. The summed E-state index contributed by atoms with van der Waals surface area (Å²) in [5.41, 5.74) is -0.952. The molecule has 1 aromatic heterocycles. The number of nitrogens with zero attached hydrogens (tertiary/aromatic N) is 1. The Bertz CT molecular complexity index is 683. The van der Waals surface area contributed by atoms with Crippen LogP contribution >= 0.6 is 0 Å². The maximum atomic E-state index is 12.8. The quantitative estimate of drug-likeness (QED) is 0.942. The smallest absolute Gasteiger partial charge is 0.416 e. The number of ether oxygens (including phenoxy) is 1. The van der Waals surface area contributed by atoms with E-state index in [9.17, 15) is 18.0 Å². The van der Waals surface area contributed by atoms with Crippen LogP contribution in [0.5, 0.6) is 5.75 Å². The second-order valence-corrected chi connectivity index (χ2v) is 4.14. The van der Waals surface area contributed by atoms with Crippen molar-refractivity contribution in [1.82, 2.24) is 4.98 Å². The number of aromatic nitrogens is 1. The number of methoxy groups -OCH3 is 1. The second-order valence-electron chi connectivity index (χ2n) is 4.14. The van der Waals surface area contributed by atoms with Crippen LogP contribution in [0.2, 0.25) is 0 Å². The van der Waals surface area contributed by atoms with Crippen molar-refractivity contribution in [3.8, 4) is 16.9 Å². The molecule has 2 aromatic rings. The van der Waals surface area contributed by atoms with E-state index in [2.05, 4.69) is 4.98 Å². The summed E-state index contributed by atoms with van der Waals surface area (Å²) in [6.07, 6.45) is -2.08. The molecule has 0 radical (unpaired) electrons. The molecule has 0 unspecified atom stereocenters. The molecule has 0 saturated heterocycles. The Morgan fingerprint density at radius 3 is 2.52 bits per heavy atom. The summed E-state index contributed by atoms with van der Waals surface area (Å²) in [5.74, 6) is -1.12. The van der Waals surface area contributed by atoms with Crippen molar-refractivity contribution in [3.63, 3.8) is 0 Å². The molecule has 7 heteroatoms. The van der Waals surface area contributed by atoms with Crippen molar-refractivity contribution >= 4 is 5.97 Å². The van der Waals surface area contributed by atoms with Gasteiger partial charge in [-0.15, -0.1) is 0 Å². The van der Waals surface area contributed by atoms with E-state index in [-0.39, 0.29) is 22.4 Å². The highest BCUT2D eigenvalue weighted by Crippen LogP contribution is 2.38. The van der Waals surface area contributed by atoms with E-state index >= 15 is 0 Å². The first-order valence-corrected chi connectivity index (χ1v) is 5.77. The monoisotopic (exact) mass is 297 g/mol. The highest BCUT2D eigenvalue weighted by Gasteiger charge is 2.31. The minimum Gasteiger partial charge on any atom is -0.496 e. The Morgan fingerprint density at radius 2 is 1.95 bits per heavy atom. The number of pyridine rings is 1. The van der Waals surface area contributed by atoms with Gasteiger partial charge in [-0.1, -0.05) is 0 Å². The number of carboxylic acids is 1. The van der Waals surface area contributed by atoms with Gasteiger partial charge in [-0.05, 0) is 24.3 Å². The highest BCUT2D eigenvalue weighted by atomic mass is 19.4. The molecular weight excluding hydrogens is 287 g/mol. The first-order chi connectivity index (χ1) is 9.84. The minimum absolute atomic E-state index is 0.0258. The molecule has 21 heavy (non-hydrogen) atoms. The van der Waals surface area contributed by atoms with Gasteiger partial charge in [0.05, 0.1) is 18.2 Å². The molecule has 0 aliphatic heterocycles. The van der Waals surface area contributed by atoms with Crippen LogP contribution in [0.25, 0.3) is 11.1 Å². The van der Waals surface area contributed by atoms with Crippen molar-refractivity contribution in [2.45, 2.75) is 6.18 Å². The molecule has 0 bridgehead atoms. The molecule has 1 N–H and O–H groups in total. The molecule has 1 heterocycles. The number of benzene rings is 1. The second kappa shape index (κ2) is 5.43. The summed E-state index contributed by atoms with van der Waals surface area (Å²) in [4.78, 5) is 15.0. The van der Waals surface area contributed by atoms with Crippen LogP contribution in [0, 0.1) is 0 Å². The van der Waals surface area contributed by atoms with Crippen LogP contribution in [0.15, 0.2) is 36.7 Å². The third kappa shape index (κ3) is 2.96. The van der Waals surface area contributed by atoms with E-state index in [4.69, 9.17) is 9.84 Å². The predicted octanol–water partition coefficient (Wildman–Crippen LogP) is 3.47. The normalized spacial score (nSPS) is 11.2. The van der Waals surface area contributed by atoms with Crippen molar-refractivity contribution in [2.24, 2.45) is 0 Å². The van der Waals surface area contributed by atoms with Crippen LogP contribution in [0.4, 0.5) is 13.2 Å². The molecule has 0 spiro atoms. The fourth-order valence-electron chi connectivity index (χ4n) is 1.89. The number of carboxylic acid groups (broad SMARTS) is 1. The lowest BCUT2D eigenvalue weighted by Gasteiger charge is -2.14. The number of hydrogen-bond donors (Lipinski definition) is 1. The van der Waals surface area contributed by atoms with Gasteiger partial charge in [-0.2, -0.15) is 13.2 Å². The lowest BCUT2D eigenvalue weighted by Crippen LogP contribution is -2.06. The lowest BCUT2D eigenvalue weighted by molar-refractivity contribution is -0.137. The van der Waals surface area contributed by atoms with Gasteiger partial charge in [0.15, 0.2) is 0 Å². The van der Waals surface area contributed by atoms with Crippen molar-refractivity contribution < 1.29 is 27.8 Å². The number of rotatable bonds is 3. The molecule has 0 aliphatic rings. The molecule has 0 fully saturated rings. The van der Waals surface area contributed by atoms with Crippen molar-refractivity contribution in [2.75, 3.05) is 7.11 Å². The molecule has 110 valence electrons. The highest BCUT2D eigenvalue weighted by molar-refractivity contribution is 5.96. The summed E-state index contributed by atoms with van der Waals surface area (Å²) < 4.78 is 43.4. The molecule has 1 aromatic carbocycles. The van der Waals surface area contributed by atoms with Gasteiger partial charge >= 0.3 is 12.1 Å². The Hall–Kier alpha value is -2.57. The number of alkyl halides is 3. The summed E-state index contributed by atoms with van der Waals surface area (Å²) in [6.45, 7) is 0. The topological polar surface area (TPSA) is 59.4 Å².